The summed E-state index contributed by atoms with van der Waals surface area (Å²) < 4.78 is 27.0. The molecule has 148 valence electrons. The van der Waals surface area contributed by atoms with Crippen molar-refractivity contribution in [3.8, 4) is 5.69 Å². The van der Waals surface area contributed by atoms with E-state index < -0.39 is 6.43 Å². The molecule has 7 heteroatoms. The number of likely N-dealkylation sites (tertiary alicyclic amines) is 1. The lowest BCUT2D eigenvalue weighted by Gasteiger charge is -2.16. The van der Waals surface area contributed by atoms with Gasteiger partial charge in [0.25, 0.3) is 6.43 Å². The molecule has 1 aliphatic rings. The molecule has 1 fully saturated rings. The molecule has 1 N–H and O–H groups in total. The summed E-state index contributed by atoms with van der Waals surface area (Å²) in [6, 6.07) is 16.1. The van der Waals surface area contributed by atoms with Crippen LogP contribution in [0, 0.1) is 6.92 Å². The van der Waals surface area contributed by atoms with Crippen LogP contribution in [0.2, 0.25) is 0 Å². The molecule has 0 amide bonds. The summed E-state index contributed by atoms with van der Waals surface area (Å²) in [6.07, 6.45) is 0.295. The first-order chi connectivity index (χ1) is 13.6. The maximum atomic E-state index is 12.6. The molecule has 0 aliphatic carbocycles. The van der Waals surface area contributed by atoms with Crippen LogP contribution in [0.3, 0.4) is 0 Å². The van der Waals surface area contributed by atoms with E-state index in [1.54, 1.807) is 11.0 Å². The molecule has 1 saturated heterocycles. The van der Waals surface area contributed by atoms with Crippen LogP contribution in [0.4, 0.5) is 20.4 Å². The van der Waals surface area contributed by atoms with Crippen LogP contribution in [0.25, 0.3) is 5.69 Å². The fourth-order valence-corrected chi connectivity index (χ4v) is 3.74. The number of para-hydroxylation sites is 1. The van der Waals surface area contributed by atoms with Gasteiger partial charge in [-0.15, -0.1) is 5.10 Å². The van der Waals surface area contributed by atoms with Gasteiger partial charge in [0.05, 0.1) is 12.2 Å². The lowest BCUT2D eigenvalue weighted by molar-refractivity contribution is 0.0990. The Balaban J connectivity index is 0.00000240. The number of hydrogen-bond acceptors (Lipinski definition) is 4. The topological polar surface area (TPSA) is 46.0 Å². The number of benzene rings is 2. The minimum Gasteiger partial charge on any atom is -0.323 e. The van der Waals surface area contributed by atoms with Crippen LogP contribution in [0.15, 0.2) is 54.9 Å². The second kappa shape index (κ2) is 8.06. The fraction of sp³-hybridized carbons (Fsp3) is 0.333. The van der Waals surface area contributed by atoms with Gasteiger partial charge in [-0.3, -0.25) is 4.90 Å². The summed E-state index contributed by atoms with van der Waals surface area (Å²) in [5.41, 5.74) is 4.14. The van der Waals surface area contributed by atoms with Crippen molar-refractivity contribution in [1.82, 2.24) is 19.7 Å². The van der Waals surface area contributed by atoms with Gasteiger partial charge in [0.1, 0.15) is 6.33 Å². The second-order valence-corrected chi connectivity index (χ2v) is 7.24. The predicted octanol–water partition coefficient (Wildman–Crippen LogP) is 4.62. The predicted molar refractivity (Wildman–Crippen MR) is 108 cm³/mol. The number of halogens is 2. The summed E-state index contributed by atoms with van der Waals surface area (Å²) in [4.78, 5) is 6.18. The molecule has 1 atom stereocenters. The monoisotopic (exact) mass is 385 g/mol. The SMILES string of the molecule is Cc1cc(Nc2ncn(-c3ccccc3)n2)cc(C2CCN(CC(F)F)C2)c1.[HH]. The number of nitrogens with zero attached hydrogens (tertiary/aromatic N) is 4. The number of anilines is 2. The van der Waals surface area contributed by atoms with E-state index in [1.807, 2.05) is 48.2 Å². The van der Waals surface area contributed by atoms with Crippen LogP contribution in [-0.4, -0.2) is 45.7 Å². The highest BCUT2D eigenvalue weighted by Crippen LogP contribution is 2.30. The van der Waals surface area contributed by atoms with E-state index in [2.05, 4.69) is 27.5 Å². The summed E-state index contributed by atoms with van der Waals surface area (Å²) >= 11 is 0. The number of hydrogen-bond donors (Lipinski definition) is 1. The summed E-state index contributed by atoms with van der Waals surface area (Å²) in [5.74, 6) is 0.792. The van der Waals surface area contributed by atoms with Crippen molar-refractivity contribution in [2.75, 3.05) is 25.0 Å². The standard InChI is InChI=1S/C21H23F2N5.H2/c1-15-9-17(16-7-8-27(12-16)13-20(22)23)11-18(10-15)25-21-24-14-28(26-21)19-5-3-2-4-6-19;/h2-6,9-11,14,16,20H,7-8,12-13H2,1H3,(H,25,26);1H. The van der Waals surface area contributed by atoms with E-state index in [-0.39, 0.29) is 13.9 Å². The first kappa shape index (κ1) is 18.6. The maximum Gasteiger partial charge on any atom is 0.251 e. The van der Waals surface area contributed by atoms with Gasteiger partial charge in [0, 0.05) is 13.7 Å². The van der Waals surface area contributed by atoms with Gasteiger partial charge in [0.15, 0.2) is 0 Å². The first-order valence-electron chi connectivity index (χ1n) is 9.43. The molecule has 0 radical (unpaired) electrons. The van der Waals surface area contributed by atoms with Crippen LogP contribution in [0.5, 0.6) is 0 Å². The van der Waals surface area contributed by atoms with Gasteiger partial charge in [-0.05, 0) is 61.2 Å². The Morgan fingerprint density at radius 3 is 2.82 bits per heavy atom. The van der Waals surface area contributed by atoms with E-state index in [1.165, 1.54) is 5.56 Å². The summed E-state index contributed by atoms with van der Waals surface area (Å²) in [5, 5.41) is 7.75. The summed E-state index contributed by atoms with van der Waals surface area (Å²) in [7, 11) is 0. The molecule has 0 bridgehead atoms. The Bertz CT molecular complexity index is 932. The molecule has 2 aromatic carbocycles. The zero-order chi connectivity index (χ0) is 19.5. The highest BCUT2D eigenvalue weighted by atomic mass is 19.3. The molecule has 1 aromatic heterocycles. The molecule has 2 heterocycles. The zero-order valence-corrected chi connectivity index (χ0v) is 15.7. The van der Waals surface area contributed by atoms with Gasteiger partial charge in [-0.25, -0.2) is 13.5 Å². The molecule has 0 spiro atoms. The van der Waals surface area contributed by atoms with Crippen molar-refractivity contribution in [2.45, 2.75) is 25.7 Å². The second-order valence-electron chi connectivity index (χ2n) is 7.24. The molecule has 28 heavy (non-hydrogen) atoms. The Morgan fingerprint density at radius 1 is 1.21 bits per heavy atom. The van der Waals surface area contributed by atoms with Crippen molar-refractivity contribution in [2.24, 2.45) is 0 Å². The zero-order valence-electron chi connectivity index (χ0n) is 15.7. The van der Waals surface area contributed by atoms with Crippen molar-refractivity contribution in [1.29, 1.82) is 0 Å². The normalized spacial score (nSPS) is 17.4. The molecular formula is C21H25F2N5. The van der Waals surface area contributed by atoms with Crippen LogP contribution < -0.4 is 5.32 Å². The number of aromatic nitrogens is 3. The van der Waals surface area contributed by atoms with Gasteiger partial charge in [0.2, 0.25) is 5.95 Å². The Labute approximate surface area is 164 Å². The molecule has 1 aliphatic heterocycles. The Kier molecular flexibility index (Phi) is 5.34. The quantitative estimate of drug-likeness (QED) is 0.673. The van der Waals surface area contributed by atoms with Crippen LogP contribution >= 0.6 is 0 Å². The molecular weight excluding hydrogens is 360 g/mol. The third kappa shape index (κ3) is 4.36. The van der Waals surface area contributed by atoms with Crippen LogP contribution in [0.1, 0.15) is 24.9 Å². The largest absolute Gasteiger partial charge is 0.323 e. The van der Waals surface area contributed by atoms with Crippen molar-refractivity contribution in [3.05, 3.63) is 66.0 Å². The van der Waals surface area contributed by atoms with Gasteiger partial charge < -0.3 is 5.32 Å². The third-order valence-electron chi connectivity index (χ3n) is 5.01. The summed E-state index contributed by atoms with van der Waals surface area (Å²) in [6.45, 7) is 3.29. The Hall–Kier alpha value is -2.80. The fourth-order valence-electron chi connectivity index (χ4n) is 3.74. The van der Waals surface area contributed by atoms with E-state index in [0.29, 0.717) is 12.5 Å². The van der Waals surface area contributed by atoms with Gasteiger partial charge >= 0.3 is 0 Å². The molecule has 4 rings (SSSR count). The Morgan fingerprint density at radius 2 is 2.04 bits per heavy atom. The average Bonchev–Trinajstić information content (AvgIpc) is 3.31. The minimum atomic E-state index is -2.28. The number of nitrogens with one attached hydrogen (secondary N) is 1. The highest BCUT2D eigenvalue weighted by molar-refractivity contribution is 5.56. The highest BCUT2D eigenvalue weighted by Gasteiger charge is 2.26. The lowest BCUT2D eigenvalue weighted by atomic mass is 9.96. The van der Waals surface area contributed by atoms with Crippen molar-refractivity contribution >= 4 is 11.6 Å². The van der Waals surface area contributed by atoms with E-state index in [0.717, 1.165) is 29.9 Å². The minimum absolute atomic E-state index is 0. The van der Waals surface area contributed by atoms with E-state index in [4.69, 9.17) is 0 Å². The number of alkyl halides is 2. The van der Waals surface area contributed by atoms with Gasteiger partial charge in [-0.1, -0.05) is 24.3 Å². The average molecular weight is 385 g/mol. The van der Waals surface area contributed by atoms with Gasteiger partial charge in [-0.2, -0.15) is 4.98 Å². The molecule has 1 unspecified atom stereocenters. The third-order valence-corrected chi connectivity index (χ3v) is 5.01. The number of aryl methyl sites for hydroxylation is 1. The van der Waals surface area contributed by atoms with Crippen molar-refractivity contribution in [3.63, 3.8) is 0 Å². The first-order valence-corrected chi connectivity index (χ1v) is 9.43. The van der Waals surface area contributed by atoms with Crippen LogP contribution in [-0.2, 0) is 0 Å². The molecule has 3 aromatic rings. The maximum absolute atomic E-state index is 12.6. The molecule has 5 nitrogen and oxygen atoms in total. The van der Waals surface area contributed by atoms with Crippen molar-refractivity contribution < 1.29 is 10.2 Å². The number of rotatable bonds is 6. The van der Waals surface area contributed by atoms with E-state index in [9.17, 15) is 8.78 Å². The smallest absolute Gasteiger partial charge is 0.251 e. The molecule has 0 saturated carbocycles. The lowest BCUT2D eigenvalue weighted by Crippen LogP contribution is -2.26. The van der Waals surface area contributed by atoms with E-state index >= 15 is 0 Å².